The van der Waals surface area contributed by atoms with Gasteiger partial charge in [0.05, 0.1) is 0 Å². The molecule has 0 saturated heterocycles. The van der Waals surface area contributed by atoms with Gasteiger partial charge in [0.1, 0.15) is 13.2 Å². The summed E-state index contributed by atoms with van der Waals surface area (Å²) in [6.07, 6.45) is 69.7. The molecule has 0 aliphatic heterocycles. The maximum atomic E-state index is 12.8. The Bertz CT molecular complexity index is 1090. The molecule has 0 heterocycles. The summed E-state index contributed by atoms with van der Waals surface area (Å²) in [5.41, 5.74) is 0. The molecule has 414 valence electrons. The summed E-state index contributed by atoms with van der Waals surface area (Å²) < 4.78 is 16.8. The lowest BCUT2D eigenvalue weighted by Gasteiger charge is -2.18. The molecular formula is C64H122O6. The van der Waals surface area contributed by atoms with Gasteiger partial charge < -0.3 is 14.2 Å². The molecule has 1 unspecified atom stereocenters. The smallest absolute Gasteiger partial charge is 0.306 e. The molecule has 0 amide bonds. The Morgan fingerprint density at radius 2 is 0.471 bits per heavy atom. The molecular weight excluding hydrogens is 865 g/mol. The Labute approximate surface area is 437 Å². The van der Waals surface area contributed by atoms with Crippen LogP contribution in [0, 0.1) is 0 Å². The highest BCUT2D eigenvalue weighted by Gasteiger charge is 2.19. The van der Waals surface area contributed by atoms with Gasteiger partial charge in [0.2, 0.25) is 0 Å². The zero-order valence-electron chi connectivity index (χ0n) is 47.6. The second-order valence-electron chi connectivity index (χ2n) is 21.7. The second kappa shape index (κ2) is 59.7. The average molecular weight is 988 g/mol. The van der Waals surface area contributed by atoms with E-state index in [9.17, 15) is 14.4 Å². The van der Waals surface area contributed by atoms with Crippen molar-refractivity contribution >= 4 is 17.9 Å². The number of ether oxygens (including phenoxy) is 3. The van der Waals surface area contributed by atoms with Crippen molar-refractivity contribution in [1.29, 1.82) is 0 Å². The predicted molar refractivity (Wildman–Crippen MR) is 303 cm³/mol. The van der Waals surface area contributed by atoms with E-state index < -0.39 is 6.10 Å². The molecule has 0 rings (SSSR count). The first-order valence-electron chi connectivity index (χ1n) is 31.7. The topological polar surface area (TPSA) is 78.9 Å². The van der Waals surface area contributed by atoms with Crippen LogP contribution in [0.2, 0.25) is 0 Å². The monoisotopic (exact) mass is 987 g/mol. The van der Waals surface area contributed by atoms with Gasteiger partial charge in [-0.2, -0.15) is 0 Å². The van der Waals surface area contributed by atoms with Crippen molar-refractivity contribution in [3.05, 3.63) is 12.2 Å². The zero-order valence-corrected chi connectivity index (χ0v) is 47.6. The molecule has 0 spiro atoms. The lowest BCUT2D eigenvalue weighted by Crippen LogP contribution is -2.30. The second-order valence-corrected chi connectivity index (χ2v) is 21.7. The van der Waals surface area contributed by atoms with Gasteiger partial charge >= 0.3 is 17.9 Å². The Morgan fingerprint density at radius 3 is 0.714 bits per heavy atom. The van der Waals surface area contributed by atoms with Crippen LogP contribution in [0.1, 0.15) is 361 Å². The number of carbonyl (C=O) groups excluding carboxylic acids is 3. The van der Waals surface area contributed by atoms with Gasteiger partial charge in [-0.05, 0) is 44.9 Å². The van der Waals surface area contributed by atoms with Crippen LogP contribution in [0.25, 0.3) is 0 Å². The molecule has 0 radical (unpaired) electrons. The normalized spacial score (nSPS) is 12.0. The molecule has 0 N–H and O–H groups in total. The van der Waals surface area contributed by atoms with Crippen LogP contribution in [0.15, 0.2) is 12.2 Å². The van der Waals surface area contributed by atoms with Crippen LogP contribution >= 0.6 is 0 Å². The minimum Gasteiger partial charge on any atom is -0.462 e. The molecule has 0 aliphatic rings. The third-order valence-corrected chi connectivity index (χ3v) is 14.5. The highest BCUT2D eigenvalue weighted by atomic mass is 16.6. The first-order valence-corrected chi connectivity index (χ1v) is 31.7. The van der Waals surface area contributed by atoms with E-state index in [0.717, 1.165) is 57.8 Å². The molecule has 1 atom stereocenters. The minimum absolute atomic E-state index is 0.0651. The number of esters is 3. The summed E-state index contributed by atoms with van der Waals surface area (Å²) in [5.74, 6) is -0.850. The van der Waals surface area contributed by atoms with E-state index in [1.165, 1.54) is 263 Å². The summed E-state index contributed by atoms with van der Waals surface area (Å²) in [6, 6.07) is 0. The van der Waals surface area contributed by atoms with Crippen LogP contribution in [-0.4, -0.2) is 37.2 Å². The van der Waals surface area contributed by atoms with E-state index in [4.69, 9.17) is 14.2 Å². The molecule has 0 saturated carbocycles. The van der Waals surface area contributed by atoms with Crippen molar-refractivity contribution in [3.8, 4) is 0 Å². The first kappa shape index (κ1) is 68.2. The average Bonchev–Trinajstić information content (AvgIpc) is 3.36. The number of rotatable bonds is 59. The highest BCUT2D eigenvalue weighted by molar-refractivity contribution is 5.71. The van der Waals surface area contributed by atoms with Gasteiger partial charge in [-0.25, -0.2) is 0 Å². The van der Waals surface area contributed by atoms with E-state index in [1.54, 1.807) is 0 Å². The Morgan fingerprint density at radius 1 is 0.271 bits per heavy atom. The van der Waals surface area contributed by atoms with Gasteiger partial charge in [-0.3, -0.25) is 14.4 Å². The third kappa shape index (κ3) is 57.1. The first-order chi connectivity index (χ1) is 34.5. The van der Waals surface area contributed by atoms with Crippen LogP contribution in [0.4, 0.5) is 0 Å². The fourth-order valence-electron chi connectivity index (χ4n) is 9.74. The predicted octanol–water partition coefficient (Wildman–Crippen LogP) is 21.3. The lowest BCUT2D eigenvalue weighted by molar-refractivity contribution is -0.167. The van der Waals surface area contributed by atoms with Crippen LogP contribution in [0.5, 0.6) is 0 Å². The number of allylic oxidation sites excluding steroid dienone is 2. The highest BCUT2D eigenvalue weighted by Crippen LogP contribution is 2.18. The van der Waals surface area contributed by atoms with Crippen LogP contribution in [0.3, 0.4) is 0 Å². The number of hydrogen-bond acceptors (Lipinski definition) is 6. The Hall–Kier alpha value is -1.85. The standard InChI is InChI=1S/C64H122O6/c1-4-7-10-13-16-18-20-22-24-26-28-30-32-34-36-38-40-42-44-46-48-51-54-57-63(66)69-60-61(59-68-62(65)56-53-50-15-12-9-6-3)70-64(67)58-55-52-49-47-45-43-41-39-37-35-33-31-29-27-25-23-21-19-17-14-11-8-5-2/h26,28,61H,4-25,27,29-60H2,1-3H3/b28-26-. The van der Waals surface area contributed by atoms with E-state index >= 15 is 0 Å². The van der Waals surface area contributed by atoms with E-state index in [2.05, 4.69) is 32.9 Å². The molecule has 6 heteroatoms. The summed E-state index contributed by atoms with van der Waals surface area (Å²) >= 11 is 0. The summed E-state index contributed by atoms with van der Waals surface area (Å²) in [7, 11) is 0. The maximum absolute atomic E-state index is 12.8. The Kier molecular flexibility index (Phi) is 58.1. The van der Waals surface area contributed by atoms with Crippen molar-refractivity contribution in [3.63, 3.8) is 0 Å². The van der Waals surface area contributed by atoms with E-state index in [0.29, 0.717) is 19.3 Å². The number of hydrogen-bond donors (Lipinski definition) is 0. The van der Waals surface area contributed by atoms with Gasteiger partial charge in [-0.15, -0.1) is 0 Å². The lowest BCUT2D eigenvalue weighted by atomic mass is 10.0. The quantitative estimate of drug-likeness (QED) is 0.0261. The molecule has 0 aromatic carbocycles. The molecule has 6 nitrogen and oxygen atoms in total. The van der Waals surface area contributed by atoms with E-state index in [-0.39, 0.29) is 31.1 Å². The van der Waals surface area contributed by atoms with Gasteiger partial charge in [0, 0.05) is 19.3 Å². The summed E-state index contributed by atoms with van der Waals surface area (Å²) in [4.78, 5) is 38.0. The van der Waals surface area contributed by atoms with E-state index in [1.807, 2.05) is 0 Å². The maximum Gasteiger partial charge on any atom is 0.306 e. The van der Waals surface area contributed by atoms with Gasteiger partial charge in [0.25, 0.3) is 0 Å². The van der Waals surface area contributed by atoms with Crippen molar-refractivity contribution < 1.29 is 28.6 Å². The minimum atomic E-state index is -0.763. The van der Waals surface area contributed by atoms with Crippen molar-refractivity contribution in [2.24, 2.45) is 0 Å². The van der Waals surface area contributed by atoms with Crippen molar-refractivity contribution in [2.75, 3.05) is 13.2 Å². The fourth-order valence-corrected chi connectivity index (χ4v) is 9.74. The fraction of sp³-hybridized carbons (Fsp3) is 0.922. The third-order valence-electron chi connectivity index (χ3n) is 14.5. The number of unbranched alkanes of at least 4 members (excludes halogenated alkanes) is 46. The zero-order chi connectivity index (χ0) is 50.7. The summed E-state index contributed by atoms with van der Waals surface area (Å²) in [6.45, 7) is 6.65. The molecule has 0 fully saturated rings. The Balaban J connectivity index is 4.03. The van der Waals surface area contributed by atoms with Crippen molar-refractivity contribution in [1.82, 2.24) is 0 Å². The van der Waals surface area contributed by atoms with Gasteiger partial charge in [0.15, 0.2) is 6.10 Å². The van der Waals surface area contributed by atoms with Crippen molar-refractivity contribution in [2.45, 2.75) is 367 Å². The molecule has 0 aromatic rings. The number of carbonyl (C=O) groups is 3. The van der Waals surface area contributed by atoms with Crippen LogP contribution < -0.4 is 0 Å². The molecule has 0 bridgehead atoms. The van der Waals surface area contributed by atoms with Crippen LogP contribution in [-0.2, 0) is 28.6 Å². The molecule has 0 aromatic heterocycles. The van der Waals surface area contributed by atoms with Gasteiger partial charge in [-0.1, -0.05) is 309 Å². The molecule has 0 aliphatic carbocycles. The largest absolute Gasteiger partial charge is 0.462 e. The summed E-state index contributed by atoms with van der Waals surface area (Å²) in [5, 5.41) is 0. The SMILES string of the molecule is CCCCCCCCCC/C=C\CCCCCCCCCCCCCC(=O)OCC(COC(=O)CCCCCCCC)OC(=O)CCCCCCCCCCCCCCCCCCCCCCCCC. The molecule has 70 heavy (non-hydrogen) atoms.